The lowest BCUT2D eigenvalue weighted by Crippen LogP contribution is -2.44. The molecule has 0 atom stereocenters. The van der Waals surface area contributed by atoms with Crippen molar-refractivity contribution in [2.75, 3.05) is 13.2 Å². The zero-order valence-corrected chi connectivity index (χ0v) is 19.7. The molecule has 0 saturated heterocycles. The molecule has 0 saturated carbocycles. The Hall–Kier alpha value is -4.04. The molecule has 0 unspecified atom stereocenters. The molecule has 3 aromatic carbocycles. The van der Waals surface area contributed by atoms with Crippen LogP contribution >= 0.6 is 11.6 Å². The van der Waals surface area contributed by atoms with Gasteiger partial charge in [-0.25, -0.2) is 0 Å². The smallest absolute Gasteiger partial charge is 0.276 e. The van der Waals surface area contributed by atoms with Crippen molar-refractivity contribution in [2.24, 2.45) is 0 Å². The van der Waals surface area contributed by atoms with Crippen molar-refractivity contribution in [3.63, 3.8) is 0 Å². The highest BCUT2D eigenvalue weighted by molar-refractivity contribution is 6.30. The minimum Gasteiger partial charge on any atom is -0.489 e. The average Bonchev–Trinajstić information content (AvgIpc) is 2.89. The highest BCUT2D eigenvalue weighted by Gasteiger charge is 2.08. The van der Waals surface area contributed by atoms with Crippen LogP contribution in [0.5, 0.6) is 11.5 Å². The van der Waals surface area contributed by atoms with Gasteiger partial charge in [0, 0.05) is 23.6 Å². The topological polar surface area (TPSA) is 106 Å². The third-order valence-corrected chi connectivity index (χ3v) is 5.01. The van der Waals surface area contributed by atoms with Crippen LogP contribution in [0.1, 0.15) is 28.8 Å². The van der Waals surface area contributed by atoms with Gasteiger partial charge in [0.1, 0.15) is 18.1 Å². The Morgan fingerprint density at radius 2 is 1.37 bits per heavy atom. The minimum atomic E-state index is -0.501. The molecule has 0 aliphatic rings. The number of benzene rings is 3. The van der Waals surface area contributed by atoms with Gasteiger partial charge < -0.3 is 14.8 Å². The summed E-state index contributed by atoms with van der Waals surface area (Å²) in [5, 5.41) is 3.27. The monoisotopic (exact) mass is 495 g/mol. The second-order valence-electron chi connectivity index (χ2n) is 7.50. The van der Waals surface area contributed by atoms with Gasteiger partial charge >= 0.3 is 0 Å². The van der Waals surface area contributed by atoms with E-state index in [1.54, 1.807) is 48.5 Å². The van der Waals surface area contributed by atoms with Gasteiger partial charge in [0.2, 0.25) is 5.91 Å². The van der Waals surface area contributed by atoms with E-state index in [9.17, 15) is 14.4 Å². The summed E-state index contributed by atoms with van der Waals surface area (Å²) < 4.78 is 11.1. The van der Waals surface area contributed by atoms with Crippen molar-refractivity contribution in [1.29, 1.82) is 0 Å². The molecule has 3 N–H and O–H groups in total. The molecule has 0 heterocycles. The Kier molecular flexibility index (Phi) is 9.95. The van der Waals surface area contributed by atoms with E-state index in [1.807, 2.05) is 30.3 Å². The summed E-state index contributed by atoms with van der Waals surface area (Å²) in [6.07, 6.45) is 0.544. The maximum atomic E-state index is 12.0. The quantitative estimate of drug-likeness (QED) is 0.278. The number of amides is 3. The average molecular weight is 496 g/mol. The highest BCUT2D eigenvalue weighted by atomic mass is 35.5. The van der Waals surface area contributed by atoms with E-state index < -0.39 is 5.91 Å². The van der Waals surface area contributed by atoms with E-state index in [0.717, 1.165) is 5.56 Å². The maximum absolute atomic E-state index is 12.0. The molecule has 0 spiro atoms. The Labute approximate surface area is 208 Å². The maximum Gasteiger partial charge on any atom is 0.276 e. The summed E-state index contributed by atoms with van der Waals surface area (Å²) in [7, 11) is 0. The molecule has 3 amide bonds. The second-order valence-corrected chi connectivity index (χ2v) is 7.93. The SMILES string of the molecule is O=C(CCCNC(=O)c1ccc(Cl)cc1)NNC(=O)COc1ccc(OCc2ccccc2)cc1. The van der Waals surface area contributed by atoms with Crippen LogP contribution < -0.4 is 25.6 Å². The summed E-state index contributed by atoms with van der Waals surface area (Å²) in [5.74, 6) is 0.0540. The van der Waals surface area contributed by atoms with Crippen molar-refractivity contribution in [2.45, 2.75) is 19.4 Å². The van der Waals surface area contributed by atoms with Crippen molar-refractivity contribution in [3.05, 3.63) is 95.0 Å². The lowest BCUT2D eigenvalue weighted by atomic mass is 10.2. The summed E-state index contributed by atoms with van der Waals surface area (Å²) in [4.78, 5) is 35.8. The van der Waals surface area contributed by atoms with Crippen molar-refractivity contribution in [3.8, 4) is 11.5 Å². The Balaban J connectivity index is 1.26. The third kappa shape index (κ3) is 9.38. The normalized spacial score (nSPS) is 10.2. The van der Waals surface area contributed by atoms with Gasteiger partial charge in [0.25, 0.3) is 11.8 Å². The number of halogens is 1. The molecule has 0 aromatic heterocycles. The first-order valence-electron chi connectivity index (χ1n) is 11.0. The predicted octanol–water partition coefficient (Wildman–Crippen LogP) is 3.66. The van der Waals surface area contributed by atoms with Crippen molar-refractivity contribution >= 4 is 29.3 Å². The molecule has 0 aliphatic heterocycles. The number of carbonyl (C=O) groups is 3. The van der Waals surface area contributed by atoms with Crippen LogP contribution in [0, 0.1) is 0 Å². The molecule has 9 heteroatoms. The molecular formula is C26H26ClN3O5. The first-order chi connectivity index (χ1) is 17.0. The number of carbonyl (C=O) groups excluding carboxylic acids is 3. The highest BCUT2D eigenvalue weighted by Crippen LogP contribution is 2.18. The molecular weight excluding hydrogens is 470 g/mol. The first-order valence-corrected chi connectivity index (χ1v) is 11.4. The minimum absolute atomic E-state index is 0.131. The van der Waals surface area contributed by atoms with Gasteiger partial charge in [-0.2, -0.15) is 0 Å². The van der Waals surface area contributed by atoms with Crippen LogP contribution in [0.4, 0.5) is 0 Å². The van der Waals surface area contributed by atoms with E-state index in [2.05, 4.69) is 16.2 Å². The van der Waals surface area contributed by atoms with Crippen LogP contribution in [-0.4, -0.2) is 30.9 Å². The van der Waals surface area contributed by atoms with Crippen LogP contribution in [0.15, 0.2) is 78.9 Å². The number of hydrogen-bond donors (Lipinski definition) is 3. The van der Waals surface area contributed by atoms with Crippen LogP contribution in [0.2, 0.25) is 5.02 Å². The summed E-state index contributed by atoms with van der Waals surface area (Å²) in [6, 6.07) is 23.2. The molecule has 3 rings (SSSR count). The Morgan fingerprint density at radius 1 is 0.743 bits per heavy atom. The Morgan fingerprint density at radius 3 is 2.06 bits per heavy atom. The lowest BCUT2D eigenvalue weighted by molar-refractivity contribution is -0.130. The largest absolute Gasteiger partial charge is 0.489 e. The molecule has 0 radical (unpaired) electrons. The van der Waals surface area contributed by atoms with E-state index in [1.165, 1.54) is 0 Å². The molecule has 8 nitrogen and oxygen atoms in total. The zero-order valence-electron chi connectivity index (χ0n) is 19.0. The second kappa shape index (κ2) is 13.6. The number of hydrazine groups is 1. The number of nitrogens with one attached hydrogen (secondary N) is 3. The van der Waals surface area contributed by atoms with E-state index in [-0.39, 0.29) is 24.8 Å². The summed E-state index contributed by atoms with van der Waals surface area (Å²) in [5.41, 5.74) is 6.17. The summed E-state index contributed by atoms with van der Waals surface area (Å²) in [6.45, 7) is 0.510. The van der Waals surface area contributed by atoms with E-state index in [0.29, 0.717) is 41.7 Å². The van der Waals surface area contributed by atoms with Gasteiger partial charge in [0.15, 0.2) is 6.61 Å². The lowest BCUT2D eigenvalue weighted by Gasteiger charge is -2.10. The van der Waals surface area contributed by atoms with E-state index in [4.69, 9.17) is 21.1 Å². The third-order valence-electron chi connectivity index (χ3n) is 4.76. The van der Waals surface area contributed by atoms with Gasteiger partial charge in [-0.05, 0) is 60.5 Å². The number of hydrogen-bond acceptors (Lipinski definition) is 5. The first kappa shape index (κ1) is 25.6. The fourth-order valence-electron chi connectivity index (χ4n) is 2.91. The van der Waals surface area contributed by atoms with Crippen LogP contribution in [-0.2, 0) is 16.2 Å². The molecule has 182 valence electrons. The van der Waals surface area contributed by atoms with Gasteiger partial charge in [-0.3, -0.25) is 25.2 Å². The molecule has 3 aromatic rings. The molecule has 0 aliphatic carbocycles. The van der Waals surface area contributed by atoms with Crippen molar-refractivity contribution in [1.82, 2.24) is 16.2 Å². The molecule has 35 heavy (non-hydrogen) atoms. The standard InChI is InChI=1S/C26H26ClN3O5/c27-21-10-8-20(9-11-21)26(33)28-16-4-7-24(31)29-30-25(32)18-35-23-14-12-22(13-15-23)34-17-19-5-2-1-3-6-19/h1-3,5-6,8-15H,4,7,16-18H2,(H,28,33)(H,29,31)(H,30,32). The number of ether oxygens (including phenoxy) is 2. The number of rotatable bonds is 11. The molecule has 0 bridgehead atoms. The summed E-state index contributed by atoms with van der Waals surface area (Å²) >= 11 is 5.80. The molecule has 0 fully saturated rings. The zero-order chi connectivity index (χ0) is 24.9. The fourth-order valence-corrected chi connectivity index (χ4v) is 3.04. The van der Waals surface area contributed by atoms with Gasteiger partial charge in [0.05, 0.1) is 0 Å². The predicted molar refractivity (Wildman–Crippen MR) is 132 cm³/mol. The van der Waals surface area contributed by atoms with Gasteiger partial charge in [-0.1, -0.05) is 41.9 Å². The van der Waals surface area contributed by atoms with Crippen LogP contribution in [0.25, 0.3) is 0 Å². The Bertz CT molecular complexity index is 1110. The fraction of sp³-hybridized carbons (Fsp3) is 0.192. The van der Waals surface area contributed by atoms with E-state index >= 15 is 0 Å². The van der Waals surface area contributed by atoms with Crippen LogP contribution in [0.3, 0.4) is 0 Å². The van der Waals surface area contributed by atoms with Gasteiger partial charge in [-0.15, -0.1) is 0 Å². The van der Waals surface area contributed by atoms with Crippen molar-refractivity contribution < 1.29 is 23.9 Å².